The maximum absolute atomic E-state index is 13.2. The van der Waals surface area contributed by atoms with Gasteiger partial charge in [-0.3, -0.25) is 9.59 Å². The Bertz CT molecular complexity index is 1040. The maximum Gasteiger partial charge on any atom is 0.295 e. The van der Waals surface area contributed by atoms with E-state index in [9.17, 15) is 14.7 Å². The molecule has 0 saturated carbocycles. The van der Waals surface area contributed by atoms with Gasteiger partial charge >= 0.3 is 0 Å². The number of ether oxygens (including phenoxy) is 2. The van der Waals surface area contributed by atoms with Gasteiger partial charge in [0.2, 0.25) is 0 Å². The van der Waals surface area contributed by atoms with Crippen molar-refractivity contribution < 1.29 is 24.2 Å². The van der Waals surface area contributed by atoms with Crippen molar-refractivity contribution in [3.63, 3.8) is 0 Å². The minimum absolute atomic E-state index is 0.0528. The molecule has 1 fully saturated rings. The first-order valence-corrected chi connectivity index (χ1v) is 10.5. The van der Waals surface area contributed by atoms with Crippen molar-refractivity contribution in [2.75, 3.05) is 41.4 Å². The molecule has 1 saturated heterocycles. The first kappa shape index (κ1) is 23.3. The monoisotopic (exact) mass is 438 g/mol. The molecule has 1 atom stereocenters. The Labute approximate surface area is 188 Å². The van der Waals surface area contributed by atoms with Gasteiger partial charge in [-0.15, -0.1) is 0 Å². The molecule has 0 spiro atoms. The summed E-state index contributed by atoms with van der Waals surface area (Å²) in [6, 6.07) is 11.8. The molecule has 2 aromatic carbocycles. The van der Waals surface area contributed by atoms with Crippen molar-refractivity contribution in [2.45, 2.75) is 19.4 Å². The Morgan fingerprint density at radius 1 is 1.09 bits per heavy atom. The fourth-order valence-electron chi connectivity index (χ4n) is 3.98. The van der Waals surface area contributed by atoms with E-state index in [1.165, 1.54) is 12.0 Å². The number of nitrogens with zero attached hydrogens (tertiary/aromatic N) is 2. The highest BCUT2D eigenvalue weighted by Crippen LogP contribution is 2.41. The number of carbonyl (C=O) groups excluding carboxylic acids is 2. The Morgan fingerprint density at radius 2 is 1.84 bits per heavy atom. The fourth-order valence-corrected chi connectivity index (χ4v) is 3.98. The summed E-state index contributed by atoms with van der Waals surface area (Å²) in [6.07, 6.45) is 0.689. The lowest BCUT2D eigenvalue weighted by molar-refractivity contribution is -0.139. The summed E-state index contributed by atoms with van der Waals surface area (Å²) in [6.45, 7) is 3.03. The van der Waals surface area contributed by atoms with Crippen LogP contribution in [0.25, 0.3) is 5.76 Å². The summed E-state index contributed by atoms with van der Waals surface area (Å²) >= 11 is 0. The molecular weight excluding hydrogens is 408 g/mol. The van der Waals surface area contributed by atoms with Crippen LogP contribution in [-0.4, -0.2) is 68.0 Å². The van der Waals surface area contributed by atoms with E-state index in [0.717, 1.165) is 12.1 Å². The second-order valence-corrected chi connectivity index (χ2v) is 8.13. The summed E-state index contributed by atoms with van der Waals surface area (Å²) in [7, 11) is 6.97. The third-order valence-electron chi connectivity index (χ3n) is 5.56. The van der Waals surface area contributed by atoms with Crippen molar-refractivity contribution in [1.82, 2.24) is 9.80 Å². The molecule has 0 bridgehead atoms. The number of hydrogen-bond donors (Lipinski definition) is 1. The van der Waals surface area contributed by atoms with Crippen molar-refractivity contribution in [1.29, 1.82) is 0 Å². The summed E-state index contributed by atoms with van der Waals surface area (Å²) in [5.74, 6) is -0.536. The van der Waals surface area contributed by atoms with Gasteiger partial charge in [0.05, 0.1) is 31.4 Å². The topological polar surface area (TPSA) is 79.3 Å². The number of aliphatic hydroxyl groups excluding tert-OH is 1. The summed E-state index contributed by atoms with van der Waals surface area (Å²) in [4.78, 5) is 29.8. The van der Waals surface area contributed by atoms with E-state index in [4.69, 9.17) is 9.47 Å². The van der Waals surface area contributed by atoms with Crippen molar-refractivity contribution in [3.05, 3.63) is 64.7 Å². The third-order valence-corrected chi connectivity index (χ3v) is 5.56. The molecule has 1 heterocycles. The van der Waals surface area contributed by atoms with Gasteiger partial charge in [-0.2, -0.15) is 0 Å². The summed E-state index contributed by atoms with van der Waals surface area (Å²) in [5.41, 5.74) is 2.02. The van der Waals surface area contributed by atoms with Gasteiger partial charge < -0.3 is 24.4 Å². The van der Waals surface area contributed by atoms with E-state index in [2.05, 4.69) is 0 Å². The van der Waals surface area contributed by atoms with Gasteiger partial charge in [0.1, 0.15) is 17.3 Å². The predicted molar refractivity (Wildman–Crippen MR) is 123 cm³/mol. The minimum atomic E-state index is -0.725. The highest BCUT2D eigenvalue weighted by molar-refractivity contribution is 6.46. The Hall–Kier alpha value is -3.32. The molecule has 0 aliphatic carbocycles. The normalized spacial score (nSPS) is 17.8. The van der Waals surface area contributed by atoms with E-state index in [-0.39, 0.29) is 11.3 Å². The lowest BCUT2D eigenvalue weighted by Gasteiger charge is -2.26. The van der Waals surface area contributed by atoms with Gasteiger partial charge in [-0.05, 0) is 63.8 Å². The second-order valence-electron chi connectivity index (χ2n) is 8.13. The van der Waals surface area contributed by atoms with Crippen LogP contribution in [0.1, 0.15) is 29.2 Å². The second kappa shape index (κ2) is 9.87. The first-order valence-electron chi connectivity index (χ1n) is 10.5. The standard InChI is InChI=1S/C25H30N2O5/c1-16-10-11-20(32-5)19(14-16)23(28)21-22(17-8-6-9-18(15-17)31-4)27(25(30)24(21)29)13-7-12-26(2)3/h6,8-11,14-15,22,28H,7,12-13H2,1-5H3/b23-21+. The molecule has 170 valence electrons. The molecule has 1 aliphatic heterocycles. The molecular formula is C25H30N2O5. The quantitative estimate of drug-likeness (QED) is 0.387. The Morgan fingerprint density at radius 3 is 2.50 bits per heavy atom. The average Bonchev–Trinajstić information content (AvgIpc) is 3.03. The zero-order valence-corrected chi connectivity index (χ0v) is 19.2. The number of aliphatic hydroxyl groups is 1. The first-order chi connectivity index (χ1) is 15.3. The van der Waals surface area contributed by atoms with E-state index < -0.39 is 17.7 Å². The van der Waals surface area contributed by atoms with Crippen LogP contribution >= 0.6 is 0 Å². The number of Topliss-reactive ketones (excluding diaryl/α,β-unsaturated/α-hetero) is 1. The molecule has 7 heteroatoms. The van der Waals surface area contributed by atoms with Crippen molar-refractivity contribution in [2.24, 2.45) is 0 Å². The molecule has 1 N–H and O–H groups in total. The minimum Gasteiger partial charge on any atom is -0.507 e. The van der Waals surface area contributed by atoms with Gasteiger partial charge in [0.15, 0.2) is 0 Å². The Kier molecular flexibility index (Phi) is 7.20. The number of hydrogen-bond acceptors (Lipinski definition) is 6. The zero-order chi connectivity index (χ0) is 23.4. The van der Waals surface area contributed by atoms with Crippen LogP contribution in [0.5, 0.6) is 11.5 Å². The van der Waals surface area contributed by atoms with Crippen LogP contribution < -0.4 is 9.47 Å². The van der Waals surface area contributed by atoms with Gasteiger partial charge in [-0.1, -0.05) is 23.8 Å². The number of aryl methyl sites for hydroxylation is 1. The van der Waals surface area contributed by atoms with E-state index in [1.807, 2.05) is 38.1 Å². The molecule has 7 nitrogen and oxygen atoms in total. The number of methoxy groups -OCH3 is 2. The molecule has 0 aromatic heterocycles. The number of carbonyl (C=O) groups is 2. The van der Waals surface area contributed by atoms with Crippen LogP contribution in [0, 0.1) is 6.92 Å². The highest BCUT2D eigenvalue weighted by Gasteiger charge is 2.46. The van der Waals surface area contributed by atoms with Crippen LogP contribution in [-0.2, 0) is 9.59 Å². The van der Waals surface area contributed by atoms with E-state index in [1.54, 1.807) is 37.4 Å². The number of rotatable bonds is 8. The van der Waals surface area contributed by atoms with E-state index in [0.29, 0.717) is 35.6 Å². The highest BCUT2D eigenvalue weighted by atomic mass is 16.5. The number of benzene rings is 2. The SMILES string of the molecule is COc1cccc(C2/C(=C(\O)c3cc(C)ccc3OC)C(=O)C(=O)N2CCCN(C)C)c1. The molecule has 1 aliphatic rings. The lowest BCUT2D eigenvalue weighted by Crippen LogP contribution is -2.32. The number of amides is 1. The molecule has 0 radical (unpaired) electrons. The van der Waals surface area contributed by atoms with Gasteiger partial charge in [0, 0.05) is 6.54 Å². The largest absolute Gasteiger partial charge is 0.507 e. The summed E-state index contributed by atoms with van der Waals surface area (Å²) < 4.78 is 10.8. The average molecular weight is 439 g/mol. The smallest absolute Gasteiger partial charge is 0.295 e. The van der Waals surface area contributed by atoms with Crippen LogP contribution in [0.3, 0.4) is 0 Å². The molecule has 2 aromatic rings. The number of ketones is 1. The number of likely N-dealkylation sites (tertiary alicyclic amines) is 1. The van der Waals surface area contributed by atoms with Crippen molar-refractivity contribution in [3.8, 4) is 11.5 Å². The fraction of sp³-hybridized carbons (Fsp3) is 0.360. The Balaban J connectivity index is 2.17. The van der Waals surface area contributed by atoms with Crippen molar-refractivity contribution >= 4 is 17.4 Å². The molecule has 3 rings (SSSR count). The van der Waals surface area contributed by atoms with Crippen LogP contribution in [0.15, 0.2) is 48.0 Å². The zero-order valence-electron chi connectivity index (χ0n) is 19.2. The van der Waals surface area contributed by atoms with Gasteiger partial charge in [0.25, 0.3) is 11.7 Å². The lowest BCUT2D eigenvalue weighted by atomic mass is 9.94. The molecule has 1 amide bonds. The molecule has 1 unspecified atom stereocenters. The third kappa shape index (κ3) is 4.62. The van der Waals surface area contributed by atoms with Crippen LogP contribution in [0.2, 0.25) is 0 Å². The predicted octanol–water partition coefficient (Wildman–Crippen LogP) is 3.39. The molecule has 32 heavy (non-hydrogen) atoms. The van der Waals surface area contributed by atoms with Crippen LogP contribution in [0.4, 0.5) is 0 Å². The van der Waals surface area contributed by atoms with E-state index >= 15 is 0 Å². The van der Waals surface area contributed by atoms with Gasteiger partial charge in [-0.25, -0.2) is 0 Å². The summed E-state index contributed by atoms with van der Waals surface area (Å²) in [5, 5.41) is 11.3. The maximum atomic E-state index is 13.2.